The zero-order chi connectivity index (χ0) is 19.7. The maximum atomic E-state index is 12.7. The van der Waals surface area contributed by atoms with Gasteiger partial charge >= 0.3 is 0 Å². The summed E-state index contributed by atoms with van der Waals surface area (Å²) in [5.41, 5.74) is 1.88. The second kappa shape index (κ2) is 7.78. The number of aromatic amines is 1. The van der Waals surface area contributed by atoms with Crippen molar-refractivity contribution in [1.29, 1.82) is 5.26 Å². The Bertz CT molecular complexity index is 1160. The molecule has 0 saturated carbocycles. The molecule has 0 fully saturated rings. The predicted molar refractivity (Wildman–Crippen MR) is 113 cm³/mol. The van der Waals surface area contributed by atoms with Gasteiger partial charge in [-0.1, -0.05) is 30.7 Å². The average Bonchev–Trinajstić information content (AvgIpc) is 3.05. The standard InChI is InChI=1S/C21H18ClN3O2S/c1-12-2-7-15-17(10-12)28-21-18(15)20(26)24-19(25-21)16(22)11-13-3-5-14(6-4-13)27-9-8-23/h3-6,11-12H,2,7,9-10H2,1H3,(H,24,25,26)/b16-11-/t12-/m1/s1. The van der Waals surface area contributed by atoms with Crippen molar-refractivity contribution in [2.24, 2.45) is 5.92 Å². The number of benzene rings is 1. The van der Waals surface area contributed by atoms with Crippen LogP contribution in [-0.2, 0) is 12.8 Å². The van der Waals surface area contributed by atoms with Crippen LogP contribution in [0.1, 0.15) is 35.2 Å². The van der Waals surface area contributed by atoms with Crippen LogP contribution in [0.3, 0.4) is 0 Å². The van der Waals surface area contributed by atoms with Crippen LogP contribution in [0.4, 0.5) is 0 Å². The molecule has 5 nitrogen and oxygen atoms in total. The molecule has 2 aromatic heterocycles. The summed E-state index contributed by atoms with van der Waals surface area (Å²) in [6, 6.07) is 9.12. The van der Waals surface area contributed by atoms with Crippen molar-refractivity contribution in [3.63, 3.8) is 0 Å². The van der Waals surface area contributed by atoms with E-state index in [0.29, 0.717) is 22.5 Å². The molecular weight excluding hydrogens is 394 g/mol. The highest BCUT2D eigenvalue weighted by Gasteiger charge is 2.23. The summed E-state index contributed by atoms with van der Waals surface area (Å²) in [5.74, 6) is 1.62. The first-order chi connectivity index (χ1) is 13.5. The van der Waals surface area contributed by atoms with E-state index in [0.717, 1.165) is 40.6 Å². The molecule has 142 valence electrons. The number of nitrogens with zero attached hydrogens (tertiary/aromatic N) is 2. The quantitative estimate of drug-likeness (QED) is 0.671. The van der Waals surface area contributed by atoms with Crippen LogP contribution in [0.5, 0.6) is 5.75 Å². The molecule has 7 heteroatoms. The first-order valence-corrected chi connectivity index (χ1v) is 10.3. The molecule has 1 aliphatic rings. The molecule has 1 aromatic carbocycles. The van der Waals surface area contributed by atoms with Gasteiger partial charge in [0.05, 0.1) is 10.4 Å². The van der Waals surface area contributed by atoms with E-state index in [4.69, 9.17) is 21.6 Å². The van der Waals surface area contributed by atoms with Crippen LogP contribution >= 0.6 is 22.9 Å². The number of hydrogen-bond acceptors (Lipinski definition) is 5. The number of fused-ring (bicyclic) bond motifs is 3. The summed E-state index contributed by atoms with van der Waals surface area (Å²) in [7, 11) is 0. The lowest BCUT2D eigenvalue weighted by Crippen LogP contribution is -2.14. The molecule has 1 aliphatic carbocycles. The molecule has 3 aromatic rings. The first kappa shape index (κ1) is 18.7. The van der Waals surface area contributed by atoms with Crippen LogP contribution < -0.4 is 10.3 Å². The van der Waals surface area contributed by atoms with Gasteiger partial charge in [0.25, 0.3) is 5.56 Å². The van der Waals surface area contributed by atoms with Gasteiger partial charge in [0.1, 0.15) is 16.6 Å². The summed E-state index contributed by atoms with van der Waals surface area (Å²) in [6.07, 6.45) is 4.80. The van der Waals surface area contributed by atoms with E-state index in [1.165, 1.54) is 4.88 Å². The predicted octanol–water partition coefficient (Wildman–Crippen LogP) is 4.75. The van der Waals surface area contributed by atoms with E-state index in [1.54, 1.807) is 29.5 Å². The minimum absolute atomic E-state index is 0.00464. The second-order valence-corrected chi connectivity index (χ2v) is 8.45. The number of thiophene rings is 1. The Morgan fingerprint density at radius 2 is 2.25 bits per heavy atom. The van der Waals surface area contributed by atoms with Gasteiger partial charge in [0, 0.05) is 4.88 Å². The zero-order valence-electron chi connectivity index (χ0n) is 15.3. The lowest BCUT2D eigenvalue weighted by Gasteiger charge is -2.17. The Labute approximate surface area is 171 Å². The van der Waals surface area contributed by atoms with Gasteiger partial charge in [-0.25, -0.2) is 4.98 Å². The minimum atomic E-state index is -0.126. The molecule has 0 saturated heterocycles. The zero-order valence-corrected chi connectivity index (χ0v) is 16.9. The SMILES string of the molecule is C[C@@H]1CCc2c(sc3nc(/C(Cl)=C/c4ccc(OCC#N)cc4)[nH]c(=O)c23)C1. The fourth-order valence-corrected chi connectivity index (χ4v) is 5.05. The third kappa shape index (κ3) is 3.68. The van der Waals surface area contributed by atoms with Crippen molar-refractivity contribution >= 4 is 44.3 Å². The molecule has 0 unspecified atom stereocenters. The van der Waals surface area contributed by atoms with Gasteiger partial charge in [-0.05, 0) is 54.5 Å². The molecule has 2 heterocycles. The number of rotatable bonds is 4. The maximum Gasteiger partial charge on any atom is 0.260 e. The molecule has 0 bridgehead atoms. The van der Waals surface area contributed by atoms with Crippen LogP contribution in [0, 0.1) is 17.2 Å². The molecule has 0 spiro atoms. The van der Waals surface area contributed by atoms with Crippen molar-refractivity contribution in [3.05, 3.63) is 56.4 Å². The van der Waals surface area contributed by atoms with Crippen molar-refractivity contribution in [1.82, 2.24) is 9.97 Å². The van der Waals surface area contributed by atoms with Gasteiger partial charge in [0.2, 0.25) is 0 Å². The van der Waals surface area contributed by atoms with E-state index in [2.05, 4.69) is 16.9 Å². The van der Waals surface area contributed by atoms with E-state index in [1.807, 2.05) is 18.2 Å². The fourth-order valence-electron chi connectivity index (χ4n) is 3.45. The monoisotopic (exact) mass is 411 g/mol. The third-order valence-corrected chi connectivity index (χ3v) is 6.30. The van der Waals surface area contributed by atoms with Gasteiger partial charge in [-0.3, -0.25) is 4.79 Å². The Morgan fingerprint density at radius 3 is 3.00 bits per heavy atom. The van der Waals surface area contributed by atoms with Crippen molar-refractivity contribution in [2.45, 2.75) is 26.2 Å². The largest absolute Gasteiger partial charge is 0.479 e. The van der Waals surface area contributed by atoms with E-state index in [-0.39, 0.29) is 12.2 Å². The maximum absolute atomic E-state index is 12.7. The number of aryl methyl sites for hydroxylation is 1. The second-order valence-electron chi connectivity index (χ2n) is 6.95. The molecule has 1 atom stereocenters. The van der Waals surface area contributed by atoms with Crippen LogP contribution in [0.15, 0.2) is 29.1 Å². The molecule has 1 N–H and O–H groups in total. The summed E-state index contributed by atoms with van der Waals surface area (Å²) >= 11 is 8.05. The van der Waals surface area contributed by atoms with E-state index in [9.17, 15) is 4.79 Å². The Balaban J connectivity index is 1.66. The Kier molecular flexibility index (Phi) is 5.21. The molecular formula is C21H18ClN3O2S. The topological polar surface area (TPSA) is 78.8 Å². The average molecular weight is 412 g/mol. The van der Waals surface area contributed by atoms with E-state index < -0.39 is 0 Å². The number of H-pyrrole nitrogens is 1. The number of nitriles is 1. The lowest BCUT2D eigenvalue weighted by atomic mass is 9.89. The van der Waals surface area contributed by atoms with Crippen molar-refractivity contribution in [2.75, 3.05) is 6.61 Å². The lowest BCUT2D eigenvalue weighted by molar-refractivity contribution is 0.368. The van der Waals surface area contributed by atoms with E-state index >= 15 is 0 Å². The molecule has 0 aliphatic heterocycles. The number of ether oxygens (including phenoxy) is 1. The van der Waals surface area contributed by atoms with Crippen LogP contribution in [0.25, 0.3) is 21.3 Å². The number of nitrogens with one attached hydrogen (secondary N) is 1. The minimum Gasteiger partial charge on any atom is -0.479 e. The van der Waals surface area contributed by atoms with Crippen molar-refractivity contribution in [3.8, 4) is 11.8 Å². The van der Waals surface area contributed by atoms with Gasteiger partial charge < -0.3 is 9.72 Å². The smallest absolute Gasteiger partial charge is 0.260 e. The first-order valence-electron chi connectivity index (χ1n) is 9.07. The highest BCUT2D eigenvalue weighted by molar-refractivity contribution is 7.18. The van der Waals surface area contributed by atoms with Crippen LogP contribution in [0.2, 0.25) is 0 Å². The molecule has 0 amide bonds. The third-order valence-electron chi connectivity index (χ3n) is 4.87. The summed E-state index contributed by atoms with van der Waals surface area (Å²) in [6.45, 7) is 2.25. The van der Waals surface area contributed by atoms with Gasteiger partial charge in [-0.15, -0.1) is 11.3 Å². The highest BCUT2D eigenvalue weighted by atomic mass is 35.5. The van der Waals surface area contributed by atoms with Crippen molar-refractivity contribution < 1.29 is 4.74 Å². The number of halogens is 1. The fraction of sp³-hybridized carbons (Fsp3) is 0.286. The highest BCUT2D eigenvalue weighted by Crippen LogP contribution is 2.36. The summed E-state index contributed by atoms with van der Waals surface area (Å²) in [5, 5.41) is 9.64. The summed E-state index contributed by atoms with van der Waals surface area (Å²) < 4.78 is 5.24. The summed E-state index contributed by atoms with van der Waals surface area (Å²) in [4.78, 5) is 22.2. The van der Waals surface area contributed by atoms with Gasteiger partial charge in [-0.2, -0.15) is 5.26 Å². The Morgan fingerprint density at radius 1 is 1.46 bits per heavy atom. The Hall–Kier alpha value is -2.62. The number of aromatic nitrogens is 2. The number of hydrogen-bond donors (Lipinski definition) is 1. The molecule has 28 heavy (non-hydrogen) atoms. The van der Waals surface area contributed by atoms with Gasteiger partial charge in [0.15, 0.2) is 12.4 Å². The molecule has 0 radical (unpaired) electrons. The van der Waals surface area contributed by atoms with Crippen LogP contribution in [-0.4, -0.2) is 16.6 Å². The normalized spacial score (nSPS) is 16.6. The molecule has 4 rings (SSSR count).